The molecule has 4 rings (SSSR count). The molecule has 166 valence electrons. The number of rotatable bonds is 5. The molecule has 1 heterocycles. The summed E-state index contributed by atoms with van der Waals surface area (Å²) in [5.41, 5.74) is 2.82. The highest BCUT2D eigenvalue weighted by molar-refractivity contribution is 7.89. The van der Waals surface area contributed by atoms with Gasteiger partial charge in [-0.25, -0.2) is 8.42 Å². The van der Waals surface area contributed by atoms with Crippen molar-refractivity contribution in [3.63, 3.8) is 0 Å². The second-order valence-electron chi connectivity index (χ2n) is 7.67. The molecular weight excluding hydrogens is 446 g/mol. The fraction of sp³-hybridized carbons (Fsp3) is 0.208. The molecular formula is C24H24ClN3O3S. The molecule has 3 aromatic carbocycles. The molecule has 0 atom stereocenters. The van der Waals surface area contributed by atoms with Gasteiger partial charge in [0.05, 0.1) is 4.90 Å². The van der Waals surface area contributed by atoms with Crippen LogP contribution < -0.4 is 10.2 Å². The van der Waals surface area contributed by atoms with E-state index in [-0.39, 0.29) is 16.4 Å². The van der Waals surface area contributed by atoms with E-state index < -0.39 is 10.0 Å². The number of aryl methyl sites for hydroxylation is 1. The van der Waals surface area contributed by atoms with Crippen LogP contribution in [0.4, 0.5) is 11.4 Å². The summed E-state index contributed by atoms with van der Waals surface area (Å²) in [5.74, 6) is -0.374. The fourth-order valence-corrected chi connectivity index (χ4v) is 5.43. The summed E-state index contributed by atoms with van der Waals surface area (Å²) in [6, 6.07) is 21.3. The van der Waals surface area contributed by atoms with Gasteiger partial charge in [0.1, 0.15) is 0 Å². The third-order valence-corrected chi connectivity index (χ3v) is 7.66. The van der Waals surface area contributed by atoms with Crippen molar-refractivity contribution < 1.29 is 13.2 Å². The maximum Gasteiger partial charge on any atom is 0.255 e. The van der Waals surface area contributed by atoms with E-state index >= 15 is 0 Å². The van der Waals surface area contributed by atoms with E-state index in [4.69, 9.17) is 11.6 Å². The van der Waals surface area contributed by atoms with E-state index in [1.807, 2.05) is 37.3 Å². The van der Waals surface area contributed by atoms with Gasteiger partial charge in [-0.05, 0) is 61.0 Å². The highest BCUT2D eigenvalue weighted by Gasteiger charge is 2.29. The third-order valence-electron chi connectivity index (χ3n) is 5.53. The van der Waals surface area contributed by atoms with Crippen LogP contribution in [0.5, 0.6) is 0 Å². The zero-order valence-electron chi connectivity index (χ0n) is 17.7. The average molecular weight is 470 g/mol. The highest BCUT2D eigenvalue weighted by atomic mass is 35.5. The van der Waals surface area contributed by atoms with Gasteiger partial charge >= 0.3 is 0 Å². The molecule has 1 aliphatic rings. The maximum atomic E-state index is 13.2. The Morgan fingerprint density at radius 1 is 0.906 bits per heavy atom. The van der Waals surface area contributed by atoms with E-state index in [0.717, 1.165) is 11.3 Å². The quantitative estimate of drug-likeness (QED) is 0.600. The summed E-state index contributed by atoms with van der Waals surface area (Å²) in [6.45, 7) is 3.84. The predicted octanol–water partition coefficient (Wildman–Crippen LogP) is 4.41. The summed E-state index contributed by atoms with van der Waals surface area (Å²) in [7, 11) is -3.70. The topological polar surface area (TPSA) is 69.7 Å². The van der Waals surface area contributed by atoms with Gasteiger partial charge in [-0.15, -0.1) is 0 Å². The van der Waals surface area contributed by atoms with Gasteiger partial charge in [-0.3, -0.25) is 4.79 Å². The lowest BCUT2D eigenvalue weighted by Crippen LogP contribution is -2.48. The standard InChI is InChI=1S/C24H24ClN3O3S/c1-18-16-20(25)10-11-23(18)26-24(29)19-6-5-9-22(17-19)32(30,31)28-14-12-27(13-15-28)21-7-3-2-4-8-21/h2-11,16-17H,12-15H2,1H3,(H,26,29). The van der Waals surface area contributed by atoms with Crippen LogP contribution in [0, 0.1) is 6.92 Å². The summed E-state index contributed by atoms with van der Waals surface area (Å²) >= 11 is 5.97. The Bertz CT molecular complexity index is 1220. The first kappa shape index (κ1) is 22.3. The van der Waals surface area contributed by atoms with Crippen molar-refractivity contribution in [2.45, 2.75) is 11.8 Å². The van der Waals surface area contributed by atoms with Crippen LogP contribution in [0.3, 0.4) is 0 Å². The molecule has 1 fully saturated rings. The number of anilines is 2. The predicted molar refractivity (Wildman–Crippen MR) is 128 cm³/mol. The Kier molecular flexibility index (Phi) is 6.50. The van der Waals surface area contributed by atoms with Crippen LogP contribution in [0.25, 0.3) is 0 Å². The summed E-state index contributed by atoms with van der Waals surface area (Å²) in [4.78, 5) is 15.0. The lowest BCUT2D eigenvalue weighted by molar-refractivity contribution is 0.102. The molecule has 1 amide bonds. The van der Waals surface area contributed by atoms with Crippen molar-refractivity contribution in [2.75, 3.05) is 36.4 Å². The number of benzene rings is 3. The Labute approximate surface area is 193 Å². The molecule has 1 aliphatic heterocycles. The minimum Gasteiger partial charge on any atom is -0.369 e. The normalized spacial score (nSPS) is 14.9. The van der Waals surface area contributed by atoms with Crippen LogP contribution in [0.1, 0.15) is 15.9 Å². The van der Waals surface area contributed by atoms with Crippen molar-refractivity contribution in [3.05, 3.63) is 88.9 Å². The first-order valence-electron chi connectivity index (χ1n) is 10.3. The Hall–Kier alpha value is -2.87. The van der Waals surface area contributed by atoms with Gasteiger partial charge in [-0.1, -0.05) is 35.9 Å². The van der Waals surface area contributed by atoms with Crippen LogP contribution in [0.2, 0.25) is 5.02 Å². The molecule has 6 nitrogen and oxygen atoms in total. The first-order chi connectivity index (χ1) is 15.3. The molecule has 0 saturated carbocycles. The number of sulfonamides is 1. The molecule has 1 saturated heterocycles. The van der Waals surface area contributed by atoms with Gasteiger partial charge in [-0.2, -0.15) is 4.31 Å². The zero-order valence-corrected chi connectivity index (χ0v) is 19.2. The van der Waals surface area contributed by atoms with Gasteiger partial charge in [0.25, 0.3) is 5.91 Å². The molecule has 0 spiro atoms. The van der Waals surface area contributed by atoms with Crippen LogP contribution in [0.15, 0.2) is 77.7 Å². The summed E-state index contributed by atoms with van der Waals surface area (Å²) < 4.78 is 27.9. The number of carbonyl (C=O) groups excluding carboxylic acids is 1. The Balaban J connectivity index is 1.48. The monoisotopic (exact) mass is 469 g/mol. The van der Waals surface area contributed by atoms with Crippen molar-refractivity contribution >= 4 is 38.9 Å². The van der Waals surface area contributed by atoms with E-state index in [1.165, 1.54) is 16.4 Å². The van der Waals surface area contributed by atoms with Crippen molar-refractivity contribution in [2.24, 2.45) is 0 Å². The molecule has 3 aromatic rings. The zero-order chi connectivity index (χ0) is 22.7. The molecule has 0 aromatic heterocycles. The smallest absolute Gasteiger partial charge is 0.255 e. The largest absolute Gasteiger partial charge is 0.369 e. The summed E-state index contributed by atoms with van der Waals surface area (Å²) in [5, 5.41) is 3.41. The molecule has 32 heavy (non-hydrogen) atoms. The molecule has 0 unspecified atom stereocenters. The minimum absolute atomic E-state index is 0.117. The first-order valence-corrected chi connectivity index (χ1v) is 12.1. The number of carbonyl (C=O) groups is 1. The second kappa shape index (κ2) is 9.32. The van der Waals surface area contributed by atoms with Crippen molar-refractivity contribution in [1.82, 2.24) is 4.31 Å². The molecule has 8 heteroatoms. The third kappa shape index (κ3) is 4.80. The van der Waals surface area contributed by atoms with Crippen LogP contribution in [-0.4, -0.2) is 44.8 Å². The SMILES string of the molecule is Cc1cc(Cl)ccc1NC(=O)c1cccc(S(=O)(=O)N2CCN(c3ccccc3)CC2)c1. The van der Waals surface area contributed by atoms with Crippen LogP contribution >= 0.6 is 11.6 Å². The van der Waals surface area contributed by atoms with Gasteiger partial charge < -0.3 is 10.2 Å². The van der Waals surface area contributed by atoms with Gasteiger partial charge in [0.2, 0.25) is 10.0 Å². The summed E-state index contributed by atoms with van der Waals surface area (Å²) in [6.07, 6.45) is 0. The number of para-hydroxylation sites is 1. The number of nitrogens with one attached hydrogen (secondary N) is 1. The Morgan fingerprint density at radius 2 is 1.62 bits per heavy atom. The number of nitrogens with zero attached hydrogens (tertiary/aromatic N) is 2. The number of piperazine rings is 1. The lowest BCUT2D eigenvalue weighted by atomic mass is 10.1. The second-order valence-corrected chi connectivity index (χ2v) is 10.0. The van der Waals surface area contributed by atoms with Gasteiger partial charge in [0, 0.05) is 48.1 Å². The van der Waals surface area contributed by atoms with E-state index in [9.17, 15) is 13.2 Å². The van der Waals surface area contributed by atoms with Crippen LogP contribution in [-0.2, 0) is 10.0 Å². The fourth-order valence-electron chi connectivity index (χ4n) is 3.73. The molecule has 1 N–H and O–H groups in total. The minimum atomic E-state index is -3.70. The number of hydrogen-bond donors (Lipinski definition) is 1. The highest BCUT2D eigenvalue weighted by Crippen LogP contribution is 2.23. The van der Waals surface area contributed by atoms with E-state index in [2.05, 4.69) is 10.2 Å². The van der Waals surface area contributed by atoms with E-state index in [0.29, 0.717) is 36.9 Å². The van der Waals surface area contributed by atoms with Crippen molar-refractivity contribution in [3.8, 4) is 0 Å². The lowest BCUT2D eigenvalue weighted by Gasteiger charge is -2.35. The Morgan fingerprint density at radius 3 is 2.31 bits per heavy atom. The number of amides is 1. The number of halogens is 1. The maximum absolute atomic E-state index is 13.2. The molecule has 0 bridgehead atoms. The average Bonchev–Trinajstić information content (AvgIpc) is 2.81. The molecule has 0 radical (unpaired) electrons. The van der Waals surface area contributed by atoms with Gasteiger partial charge in [0.15, 0.2) is 0 Å². The number of hydrogen-bond acceptors (Lipinski definition) is 4. The van der Waals surface area contributed by atoms with E-state index in [1.54, 1.807) is 30.3 Å². The van der Waals surface area contributed by atoms with Crippen molar-refractivity contribution in [1.29, 1.82) is 0 Å². The molecule has 0 aliphatic carbocycles.